The Bertz CT molecular complexity index is 552. The molecule has 0 bridgehead atoms. The minimum Gasteiger partial charge on any atom is -0.298 e. The molecule has 22 heavy (non-hydrogen) atoms. The Morgan fingerprint density at radius 3 is 1.45 bits per heavy atom. The maximum absolute atomic E-state index is 13.8. The second-order valence-electron chi connectivity index (χ2n) is 4.04. The number of benzene rings is 1. The van der Waals surface area contributed by atoms with Gasteiger partial charge in [-0.2, -0.15) is 39.5 Å². The predicted molar refractivity (Wildman–Crippen MR) is 51.7 cm³/mol. The summed E-state index contributed by atoms with van der Waals surface area (Å²) in [4.78, 5) is 10.6. The molecule has 0 spiro atoms. The van der Waals surface area contributed by atoms with Gasteiger partial charge in [-0.25, -0.2) is 4.39 Å². The van der Waals surface area contributed by atoms with Crippen LogP contribution in [0, 0.1) is 0 Å². The van der Waals surface area contributed by atoms with E-state index in [4.69, 9.17) is 0 Å². The van der Waals surface area contributed by atoms with Crippen molar-refractivity contribution in [2.24, 2.45) is 0 Å². The number of hydrogen-bond donors (Lipinski definition) is 0. The highest BCUT2D eigenvalue weighted by Crippen LogP contribution is 2.54. The van der Waals surface area contributed by atoms with Crippen molar-refractivity contribution in [3.05, 3.63) is 34.9 Å². The third-order valence-corrected chi connectivity index (χ3v) is 2.68. The van der Waals surface area contributed by atoms with E-state index in [9.17, 15) is 48.7 Å². The lowest BCUT2D eigenvalue weighted by Gasteiger charge is -2.31. The molecule has 0 aromatic heterocycles. The van der Waals surface area contributed by atoms with Gasteiger partial charge in [-0.05, 0) is 6.07 Å². The molecule has 0 saturated heterocycles. The summed E-state index contributed by atoms with van der Waals surface area (Å²) in [6.07, 6.45) is -19.6. The van der Waals surface area contributed by atoms with Gasteiger partial charge in [0.2, 0.25) is 0 Å². The third-order valence-electron chi connectivity index (χ3n) is 2.68. The minimum atomic E-state index is -6.62. The van der Waals surface area contributed by atoms with E-state index in [2.05, 4.69) is 0 Å². The lowest BCUT2D eigenvalue weighted by atomic mass is 9.88. The Balaban J connectivity index is 3.84. The number of carbonyl (C=O) groups is 1. The van der Waals surface area contributed by atoms with Crippen LogP contribution in [0.4, 0.5) is 43.9 Å². The molecule has 0 aliphatic heterocycles. The van der Waals surface area contributed by atoms with Gasteiger partial charge in [0.15, 0.2) is 6.29 Å². The highest BCUT2D eigenvalue weighted by atomic mass is 19.4. The number of hydrogen-bond acceptors (Lipinski definition) is 1. The lowest BCUT2D eigenvalue weighted by molar-refractivity contribution is -0.348. The first kappa shape index (κ1) is 18.2. The summed E-state index contributed by atoms with van der Waals surface area (Å²) in [5.74, 6) is 0. The minimum absolute atomic E-state index is 0.0698. The number of alkyl halides is 10. The molecule has 0 aliphatic carbocycles. The van der Waals surface area contributed by atoms with E-state index >= 15 is 0 Å². The molecule has 11 heteroatoms. The average molecular weight is 342 g/mol. The van der Waals surface area contributed by atoms with Crippen LogP contribution in [-0.4, -0.2) is 18.6 Å². The number of halogens is 10. The summed E-state index contributed by atoms with van der Waals surface area (Å²) in [6, 6.07) is 0.0529. The van der Waals surface area contributed by atoms with E-state index < -0.39 is 47.2 Å². The van der Waals surface area contributed by atoms with Crippen LogP contribution in [0.15, 0.2) is 18.2 Å². The van der Waals surface area contributed by atoms with E-state index in [0.29, 0.717) is 0 Å². The Kier molecular flexibility index (Phi) is 4.25. The van der Waals surface area contributed by atoms with Gasteiger partial charge in [0, 0.05) is 11.1 Å². The molecular formula is C11H4F10O. The maximum atomic E-state index is 13.8. The van der Waals surface area contributed by atoms with Crippen LogP contribution in [0.2, 0.25) is 0 Å². The fraction of sp³-hybridized carbons (Fsp3) is 0.364. The molecule has 0 unspecified atom stereocenters. The molecule has 1 rings (SSSR count). The standard InChI is InChI=1S/C11H4F10O/c12-8(10(16,17)18,11(19,20)21)6-2-1-3-7(5(6)4-22)9(13,14)15/h1-4H. The molecule has 0 fully saturated rings. The monoisotopic (exact) mass is 342 g/mol. The Hall–Kier alpha value is -1.81. The van der Waals surface area contributed by atoms with Crippen molar-refractivity contribution in [3.8, 4) is 0 Å². The van der Waals surface area contributed by atoms with Crippen LogP contribution in [-0.2, 0) is 11.8 Å². The fourth-order valence-corrected chi connectivity index (χ4v) is 1.71. The zero-order valence-corrected chi connectivity index (χ0v) is 10.00. The van der Waals surface area contributed by atoms with E-state index in [1.807, 2.05) is 0 Å². The van der Waals surface area contributed by atoms with Crippen LogP contribution in [0.25, 0.3) is 0 Å². The molecule has 1 aromatic carbocycles. The second-order valence-corrected chi connectivity index (χ2v) is 4.04. The summed E-state index contributed by atoms with van der Waals surface area (Å²) in [6.45, 7) is 0. The van der Waals surface area contributed by atoms with E-state index in [0.717, 1.165) is 0 Å². The number of aldehydes is 1. The molecule has 124 valence electrons. The van der Waals surface area contributed by atoms with Gasteiger partial charge in [-0.1, -0.05) is 12.1 Å². The second kappa shape index (κ2) is 5.13. The Labute approximate surface area is 115 Å². The fourth-order valence-electron chi connectivity index (χ4n) is 1.71. The average Bonchev–Trinajstić information content (AvgIpc) is 2.32. The SMILES string of the molecule is O=Cc1c(C(F)(F)F)cccc1C(F)(C(F)(F)F)C(F)(F)F. The van der Waals surface area contributed by atoms with Gasteiger partial charge in [0.1, 0.15) is 0 Å². The van der Waals surface area contributed by atoms with Crippen molar-refractivity contribution in [3.63, 3.8) is 0 Å². The van der Waals surface area contributed by atoms with Crippen molar-refractivity contribution in [1.82, 2.24) is 0 Å². The Morgan fingerprint density at radius 1 is 0.727 bits per heavy atom. The first-order valence-electron chi connectivity index (χ1n) is 5.16. The molecule has 0 aliphatic rings. The van der Waals surface area contributed by atoms with Gasteiger partial charge in [-0.15, -0.1) is 0 Å². The van der Waals surface area contributed by atoms with Crippen LogP contribution in [0.3, 0.4) is 0 Å². The summed E-state index contributed by atoms with van der Waals surface area (Å²) in [7, 11) is 0. The van der Waals surface area contributed by atoms with Crippen molar-refractivity contribution in [2.45, 2.75) is 24.2 Å². The Morgan fingerprint density at radius 2 is 1.14 bits per heavy atom. The number of rotatable bonds is 2. The first-order valence-corrected chi connectivity index (χ1v) is 5.16. The van der Waals surface area contributed by atoms with Crippen molar-refractivity contribution >= 4 is 6.29 Å². The topological polar surface area (TPSA) is 17.1 Å². The van der Waals surface area contributed by atoms with Gasteiger partial charge >= 0.3 is 24.2 Å². The molecule has 1 nitrogen and oxygen atoms in total. The third kappa shape index (κ3) is 2.75. The normalized spacial score (nSPS) is 14.1. The summed E-state index contributed by atoms with van der Waals surface area (Å²) >= 11 is 0. The van der Waals surface area contributed by atoms with Crippen molar-refractivity contribution in [2.75, 3.05) is 0 Å². The highest BCUT2D eigenvalue weighted by Gasteiger charge is 2.74. The zero-order valence-electron chi connectivity index (χ0n) is 10.00. The van der Waals surface area contributed by atoms with E-state index in [1.165, 1.54) is 0 Å². The molecule has 0 radical (unpaired) electrons. The van der Waals surface area contributed by atoms with Crippen LogP contribution < -0.4 is 0 Å². The van der Waals surface area contributed by atoms with E-state index in [1.54, 1.807) is 0 Å². The van der Waals surface area contributed by atoms with Crippen LogP contribution in [0.1, 0.15) is 21.5 Å². The van der Waals surface area contributed by atoms with Crippen molar-refractivity contribution < 1.29 is 48.7 Å². The summed E-state index contributed by atoms with van der Waals surface area (Å²) < 4.78 is 127. The van der Waals surface area contributed by atoms with Gasteiger partial charge in [0.25, 0.3) is 0 Å². The van der Waals surface area contributed by atoms with Gasteiger partial charge < -0.3 is 0 Å². The molecule has 0 heterocycles. The zero-order chi connectivity index (χ0) is 17.6. The van der Waals surface area contributed by atoms with E-state index in [-0.39, 0.29) is 18.2 Å². The molecule has 1 aromatic rings. The lowest BCUT2D eigenvalue weighted by Crippen LogP contribution is -2.51. The molecule has 0 N–H and O–H groups in total. The molecular weight excluding hydrogens is 338 g/mol. The first-order chi connectivity index (χ1) is 9.68. The quantitative estimate of drug-likeness (QED) is 0.557. The van der Waals surface area contributed by atoms with Crippen LogP contribution in [0.5, 0.6) is 0 Å². The smallest absolute Gasteiger partial charge is 0.298 e. The van der Waals surface area contributed by atoms with Crippen LogP contribution >= 0.6 is 0 Å². The van der Waals surface area contributed by atoms with Crippen molar-refractivity contribution in [1.29, 1.82) is 0 Å². The highest BCUT2D eigenvalue weighted by molar-refractivity contribution is 5.81. The predicted octanol–water partition coefficient (Wildman–Crippen LogP) is 4.81. The summed E-state index contributed by atoms with van der Waals surface area (Å²) in [5.41, 5.74) is -12.7. The molecule has 0 saturated carbocycles. The number of carbonyl (C=O) groups excluding carboxylic acids is 1. The van der Waals surface area contributed by atoms with Gasteiger partial charge in [0.05, 0.1) is 5.56 Å². The van der Waals surface area contributed by atoms with Gasteiger partial charge in [-0.3, -0.25) is 4.79 Å². The molecule has 0 atom stereocenters. The molecule has 0 amide bonds. The summed E-state index contributed by atoms with van der Waals surface area (Å²) in [5, 5.41) is 0. The maximum Gasteiger partial charge on any atom is 0.435 e. The largest absolute Gasteiger partial charge is 0.435 e.